The second kappa shape index (κ2) is 7.95. The van der Waals surface area contributed by atoms with Gasteiger partial charge in [0, 0.05) is 13.5 Å². The van der Waals surface area contributed by atoms with Crippen LogP contribution in [0.5, 0.6) is 0 Å². The Hall–Kier alpha value is -1.35. The van der Waals surface area contributed by atoms with Crippen LogP contribution in [0.2, 0.25) is 0 Å². The van der Waals surface area contributed by atoms with E-state index >= 15 is 0 Å². The second-order valence-corrected chi connectivity index (χ2v) is 9.93. The first kappa shape index (κ1) is 20.4. The largest absolute Gasteiger partial charge is 0.339 e. The summed E-state index contributed by atoms with van der Waals surface area (Å²) in [5, 5.41) is 0. The summed E-state index contributed by atoms with van der Waals surface area (Å²) in [6.07, 6.45) is 6.68. The van der Waals surface area contributed by atoms with Gasteiger partial charge < -0.3 is 9.80 Å². The first-order chi connectivity index (χ1) is 12.8. The number of amides is 1. The summed E-state index contributed by atoms with van der Waals surface area (Å²) in [6, 6.07) is 9.20. The molecule has 1 amide bonds. The molecule has 1 fully saturated rings. The van der Waals surface area contributed by atoms with Gasteiger partial charge in [-0.15, -0.1) is 0 Å². The van der Waals surface area contributed by atoms with E-state index in [0.717, 1.165) is 6.42 Å². The Morgan fingerprint density at radius 2 is 1.85 bits per heavy atom. The molecule has 27 heavy (non-hydrogen) atoms. The number of fused-ring (bicyclic) bond motifs is 2. The fourth-order valence-corrected chi connectivity index (χ4v) is 5.02. The summed E-state index contributed by atoms with van der Waals surface area (Å²) in [5.41, 5.74) is 3.65. The van der Waals surface area contributed by atoms with Crippen molar-refractivity contribution in [3.05, 3.63) is 35.4 Å². The minimum atomic E-state index is 0.248. The van der Waals surface area contributed by atoms with Crippen LogP contribution in [0.1, 0.15) is 83.4 Å². The van der Waals surface area contributed by atoms with Crippen LogP contribution >= 0.6 is 0 Å². The minimum absolute atomic E-state index is 0.248. The molecule has 1 atom stereocenters. The lowest BCUT2D eigenvalue weighted by Crippen LogP contribution is -2.47. The first-order valence-corrected chi connectivity index (χ1v) is 10.8. The molecular weight excluding hydrogens is 332 g/mol. The maximum atomic E-state index is 12.3. The molecule has 1 heterocycles. The van der Waals surface area contributed by atoms with E-state index in [9.17, 15) is 4.79 Å². The van der Waals surface area contributed by atoms with Crippen LogP contribution in [0.25, 0.3) is 0 Å². The van der Waals surface area contributed by atoms with Crippen molar-refractivity contribution in [2.75, 3.05) is 26.7 Å². The van der Waals surface area contributed by atoms with Crippen LogP contribution in [0.3, 0.4) is 0 Å². The predicted molar refractivity (Wildman–Crippen MR) is 113 cm³/mol. The van der Waals surface area contributed by atoms with Gasteiger partial charge in [-0.3, -0.25) is 4.79 Å². The zero-order valence-corrected chi connectivity index (χ0v) is 18.1. The Morgan fingerprint density at radius 3 is 2.48 bits per heavy atom. The number of hydrogen-bond acceptors (Lipinski definition) is 2. The number of rotatable bonds is 4. The Morgan fingerprint density at radius 1 is 1.19 bits per heavy atom. The zero-order valence-electron chi connectivity index (χ0n) is 18.1. The van der Waals surface area contributed by atoms with Crippen molar-refractivity contribution in [2.45, 2.75) is 77.7 Å². The lowest BCUT2D eigenvalue weighted by atomic mass is 9.63. The van der Waals surface area contributed by atoms with Crippen LogP contribution < -0.4 is 0 Å². The Labute approximate surface area is 166 Å². The molecule has 0 saturated carbocycles. The molecule has 1 spiro atoms. The number of likely N-dealkylation sites (tertiary alicyclic amines) is 1. The Kier molecular flexibility index (Phi) is 6.00. The summed E-state index contributed by atoms with van der Waals surface area (Å²) < 4.78 is 0. The molecule has 2 aliphatic rings. The molecule has 0 aromatic heterocycles. The molecule has 0 N–H and O–H groups in total. The van der Waals surface area contributed by atoms with Gasteiger partial charge in [0.05, 0.1) is 6.04 Å². The first-order valence-electron chi connectivity index (χ1n) is 10.8. The fourth-order valence-electron chi connectivity index (χ4n) is 5.02. The smallest absolute Gasteiger partial charge is 0.222 e. The molecule has 3 rings (SSSR count). The lowest BCUT2D eigenvalue weighted by Gasteiger charge is -2.48. The number of benzene rings is 1. The van der Waals surface area contributed by atoms with Crippen molar-refractivity contribution in [1.29, 1.82) is 0 Å². The maximum Gasteiger partial charge on any atom is 0.222 e. The van der Waals surface area contributed by atoms with Crippen LogP contribution in [-0.4, -0.2) is 42.4 Å². The third kappa shape index (κ3) is 4.39. The van der Waals surface area contributed by atoms with E-state index in [1.807, 2.05) is 18.9 Å². The lowest BCUT2D eigenvalue weighted by molar-refractivity contribution is -0.132. The van der Waals surface area contributed by atoms with Crippen molar-refractivity contribution >= 4 is 5.91 Å². The summed E-state index contributed by atoms with van der Waals surface area (Å²) >= 11 is 0. The molecule has 1 saturated heterocycles. The van der Waals surface area contributed by atoms with E-state index in [1.54, 1.807) is 0 Å². The number of nitrogens with zero attached hydrogens (tertiary/aromatic N) is 2. The number of piperidine rings is 1. The van der Waals surface area contributed by atoms with Gasteiger partial charge in [-0.2, -0.15) is 0 Å². The van der Waals surface area contributed by atoms with Crippen molar-refractivity contribution in [3.63, 3.8) is 0 Å². The topological polar surface area (TPSA) is 23.6 Å². The average molecular weight is 371 g/mol. The number of carbonyl (C=O) groups excluding carboxylic acids is 1. The monoisotopic (exact) mass is 370 g/mol. The molecule has 0 radical (unpaired) electrons. The summed E-state index contributed by atoms with van der Waals surface area (Å²) in [5.74, 6) is 0.253. The van der Waals surface area contributed by atoms with Crippen LogP contribution in [0.15, 0.2) is 24.3 Å². The number of hydrogen-bond donors (Lipinski definition) is 0. The molecule has 0 unspecified atom stereocenters. The summed E-state index contributed by atoms with van der Waals surface area (Å²) in [6.45, 7) is 12.6. The van der Waals surface area contributed by atoms with Crippen molar-refractivity contribution in [1.82, 2.24) is 9.80 Å². The SMILES string of the molecule is CCC(=O)N(C)[C@H]1CCC2(CCN(CCC(C)(C)C)CC2)c2ccccc21. The molecule has 1 aromatic rings. The van der Waals surface area contributed by atoms with E-state index in [1.165, 1.54) is 56.4 Å². The molecule has 3 heteroatoms. The maximum absolute atomic E-state index is 12.3. The highest BCUT2D eigenvalue weighted by Gasteiger charge is 2.43. The minimum Gasteiger partial charge on any atom is -0.339 e. The van der Waals surface area contributed by atoms with Crippen LogP contribution in [0.4, 0.5) is 0 Å². The highest BCUT2D eigenvalue weighted by molar-refractivity contribution is 5.76. The van der Waals surface area contributed by atoms with Crippen LogP contribution in [0, 0.1) is 5.41 Å². The molecule has 1 aromatic carbocycles. The van der Waals surface area contributed by atoms with E-state index in [4.69, 9.17) is 0 Å². The van der Waals surface area contributed by atoms with Gasteiger partial charge in [0.1, 0.15) is 0 Å². The molecule has 1 aliphatic heterocycles. The van der Waals surface area contributed by atoms with Gasteiger partial charge in [0.2, 0.25) is 5.91 Å². The Bertz CT molecular complexity index is 653. The second-order valence-electron chi connectivity index (χ2n) is 9.93. The highest BCUT2D eigenvalue weighted by atomic mass is 16.2. The van der Waals surface area contributed by atoms with Gasteiger partial charge >= 0.3 is 0 Å². The number of carbonyl (C=O) groups is 1. The molecular formula is C24H38N2O. The third-order valence-corrected chi connectivity index (χ3v) is 6.94. The van der Waals surface area contributed by atoms with Crippen molar-refractivity contribution in [2.24, 2.45) is 5.41 Å². The van der Waals surface area contributed by atoms with E-state index in [2.05, 4.69) is 49.9 Å². The quantitative estimate of drug-likeness (QED) is 0.731. The van der Waals surface area contributed by atoms with Gasteiger partial charge in [-0.1, -0.05) is 52.0 Å². The summed E-state index contributed by atoms with van der Waals surface area (Å²) in [4.78, 5) is 17.0. The van der Waals surface area contributed by atoms with Crippen molar-refractivity contribution in [3.8, 4) is 0 Å². The van der Waals surface area contributed by atoms with Gasteiger partial charge in [0.25, 0.3) is 0 Å². The van der Waals surface area contributed by atoms with Gasteiger partial charge in [-0.25, -0.2) is 0 Å². The van der Waals surface area contributed by atoms with E-state index in [-0.39, 0.29) is 11.9 Å². The standard InChI is InChI=1S/C24H38N2O/c1-6-22(27)25(5)21-11-12-24(20-10-8-7-9-19(20)21)14-17-26(18-15-24)16-13-23(2,3)4/h7-10,21H,6,11-18H2,1-5H3/t21-/m0/s1. The van der Waals surface area contributed by atoms with Gasteiger partial charge in [0.15, 0.2) is 0 Å². The van der Waals surface area contributed by atoms with Gasteiger partial charge in [-0.05, 0) is 73.7 Å². The van der Waals surface area contributed by atoms with Crippen molar-refractivity contribution < 1.29 is 4.79 Å². The highest BCUT2D eigenvalue weighted by Crippen LogP contribution is 2.49. The van der Waals surface area contributed by atoms with Crippen LogP contribution in [-0.2, 0) is 10.2 Å². The molecule has 1 aliphatic carbocycles. The predicted octanol–water partition coefficient (Wildman–Crippen LogP) is 5.16. The van der Waals surface area contributed by atoms with E-state index in [0.29, 0.717) is 17.3 Å². The Balaban J connectivity index is 1.75. The fraction of sp³-hybridized carbons (Fsp3) is 0.708. The third-order valence-electron chi connectivity index (χ3n) is 6.94. The zero-order chi connectivity index (χ0) is 19.7. The summed E-state index contributed by atoms with van der Waals surface area (Å²) in [7, 11) is 1.99. The van der Waals surface area contributed by atoms with E-state index < -0.39 is 0 Å². The normalized spacial score (nSPS) is 22.5. The average Bonchev–Trinajstić information content (AvgIpc) is 2.66. The molecule has 3 nitrogen and oxygen atoms in total. The molecule has 150 valence electrons. The molecule has 0 bridgehead atoms.